The van der Waals surface area contributed by atoms with Gasteiger partial charge in [-0.25, -0.2) is 9.97 Å². The van der Waals surface area contributed by atoms with Crippen LogP contribution in [0, 0.1) is 13.8 Å². The summed E-state index contributed by atoms with van der Waals surface area (Å²) in [6.45, 7) is 7.48. The SMILES string of the molecule is C=CNc1ncnc(C)c1C. The molecular formula is C8H11N3. The molecule has 0 aliphatic heterocycles. The predicted molar refractivity (Wildman–Crippen MR) is 45.3 cm³/mol. The van der Waals surface area contributed by atoms with Gasteiger partial charge < -0.3 is 5.32 Å². The molecule has 1 rings (SSSR count). The van der Waals surface area contributed by atoms with Gasteiger partial charge in [-0.2, -0.15) is 0 Å². The first-order valence-electron chi connectivity index (χ1n) is 3.41. The summed E-state index contributed by atoms with van der Waals surface area (Å²) in [5.74, 6) is 0.826. The molecule has 0 radical (unpaired) electrons. The zero-order valence-electron chi connectivity index (χ0n) is 6.76. The lowest BCUT2D eigenvalue weighted by Gasteiger charge is -2.04. The van der Waals surface area contributed by atoms with Gasteiger partial charge >= 0.3 is 0 Å². The van der Waals surface area contributed by atoms with Crippen molar-refractivity contribution in [3.05, 3.63) is 30.4 Å². The summed E-state index contributed by atoms with van der Waals surface area (Å²) >= 11 is 0. The molecule has 0 aromatic carbocycles. The van der Waals surface area contributed by atoms with Crippen LogP contribution in [0.3, 0.4) is 0 Å². The second-order valence-corrected chi connectivity index (χ2v) is 2.28. The van der Waals surface area contributed by atoms with Gasteiger partial charge in [0.2, 0.25) is 0 Å². The molecule has 0 saturated heterocycles. The van der Waals surface area contributed by atoms with E-state index in [1.165, 1.54) is 6.33 Å². The van der Waals surface area contributed by atoms with E-state index < -0.39 is 0 Å². The average Bonchev–Trinajstić information content (AvgIpc) is 1.99. The molecule has 11 heavy (non-hydrogen) atoms. The second-order valence-electron chi connectivity index (χ2n) is 2.28. The standard InChI is InChI=1S/C8H11N3/c1-4-9-8-6(2)7(3)10-5-11-8/h4-5H,1H2,2-3H3,(H,9,10,11). The molecule has 0 spiro atoms. The third-order valence-corrected chi connectivity index (χ3v) is 1.57. The molecule has 58 valence electrons. The molecule has 0 aliphatic rings. The quantitative estimate of drug-likeness (QED) is 0.694. The number of nitrogens with one attached hydrogen (secondary N) is 1. The van der Waals surface area contributed by atoms with E-state index >= 15 is 0 Å². The second kappa shape index (κ2) is 3.14. The maximum absolute atomic E-state index is 4.04. The van der Waals surface area contributed by atoms with Crippen molar-refractivity contribution in [3.8, 4) is 0 Å². The minimum absolute atomic E-state index is 0.826. The Morgan fingerprint density at radius 3 is 2.82 bits per heavy atom. The van der Waals surface area contributed by atoms with Crippen molar-refractivity contribution in [2.24, 2.45) is 0 Å². The van der Waals surface area contributed by atoms with Gasteiger partial charge in [0.1, 0.15) is 12.1 Å². The van der Waals surface area contributed by atoms with Crippen LogP contribution in [-0.2, 0) is 0 Å². The van der Waals surface area contributed by atoms with Gasteiger partial charge in [-0.15, -0.1) is 0 Å². The van der Waals surface area contributed by atoms with Gasteiger partial charge in [0, 0.05) is 11.3 Å². The maximum Gasteiger partial charge on any atom is 0.136 e. The van der Waals surface area contributed by atoms with Crippen LogP contribution in [0.25, 0.3) is 0 Å². The van der Waals surface area contributed by atoms with E-state index in [0.29, 0.717) is 0 Å². The van der Waals surface area contributed by atoms with Crippen LogP contribution in [0.15, 0.2) is 19.1 Å². The highest BCUT2D eigenvalue weighted by molar-refractivity contribution is 5.46. The third kappa shape index (κ3) is 1.55. The molecule has 0 amide bonds. The molecule has 3 nitrogen and oxygen atoms in total. The Hall–Kier alpha value is -1.38. The summed E-state index contributed by atoms with van der Waals surface area (Å²) in [6.07, 6.45) is 3.14. The Morgan fingerprint density at radius 1 is 1.45 bits per heavy atom. The fourth-order valence-corrected chi connectivity index (χ4v) is 0.780. The van der Waals surface area contributed by atoms with Crippen LogP contribution in [0.5, 0.6) is 0 Å². The smallest absolute Gasteiger partial charge is 0.136 e. The van der Waals surface area contributed by atoms with Crippen LogP contribution >= 0.6 is 0 Å². The fourth-order valence-electron chi connectivity index (χ4n) is 0.780. The van der Waals surface area contributed by atoms with Gasteiger partial charge in [-0.3, -0.25) is 0 Å². The maximum atomic E-state index is 4.04. The van der Waals surface area contributed by atoms with Gasteiger partial charge in [0.15, 0.2) is 0 Å². The van der Waals surface area contributed by atoms with Gasteiger partial charge in [0.05, 0.1) is 0 Å². The summed E-state index contributed by atoms with van der Waals surface area (Å²) in [7, 11) is 0. The molecule has 0 aliphatic carbocycles. The van der Waals surface area contributed by atoms with Crippen LogP contribution in [-0.4, -0.2) is 9.97 Å². The predicted octanol–water partition coefficient (Wildman–Crippen LogP) is 1.65. The third-order valence-electron chi connectivity index (χ3n) is 1.57. The highest BCUT2D eigenvalue weighted by Gasteiger charge is 1.99. The van der Waals surface area contributed by atoms with Crippen molar-refractivity contribution in [1.82, 2.24) is 9.97 Å². The van der Waals surface area contributed by atoms with Crippen molar-refractivity contribution in [3.63, 3.8) is 0 Å². The van der Waals surface area contributed by atoms with Crippen molar-refractivity contribution in [1.29, 1.82) is 0 Å². The number of nitrogens with zero attached hydrogens (tertiary/aromatic N) is 2. The molecule has 1 heterocycles. The molecular weight excluding hydrogens is 138 g/mol. The number of aryl methyl sites for hydroxylation is 1. The molecule has 0 unspecified atom stereocenters. The Bertz CT molecular complexity index is 268. The van der Waals surface area contributed by atoms with E-state index in [4.69, 9.17) is 0 Å². The normalized spacial score (nSPS) is 9.27. The summed E-state index contributed by atoms with van der Waals surface area (Å²) in [5.41, 5.74) is 2.05. The van der Waals surface area contributed by atoms with Crippen LogP contribution in [0.1, 0.15) is 11.3 Å². The minimum atomic E-state index is 0.826. The zero-order chi connectivity index (χ0) is 8.27. The molecule has 0 fully saturated rings. The topological polar surface area (TPSA) is 37.8 Å². The summed E-state index contributed by atoms with van der Waals surface area (Å²) in [4.78, 5) is 8.07. The number of anilines is 1. The van der Waals surface area contributed by atoms with Crippen molar-refractivity contribution in [2.45, 2.75) is 13.8 Å². The zero-order valence-corrected chi connectivity index (χ0v) is 6.76. The molecule has 1 aromatic heterocycles. The molecule has 1 aromatic rings. The molecule has 1 N–H and O–H groups in total. The van der Waals surface area contributed by atoms with Crippen molar-refractivity contribution < 1.29 is 0 Å². The number of aromatic nitrogens is 2. The fraction of sp³-hybridized carbons (Fsp3) is 0.250. The highest BCUT2D eigenvalue weighted by Crippen LogP contribution is 2.11. The molecule has 0 atom stereocenters. The monoisotopic (exact) mass is 149 g/mol. The van der Waals surface area contributed by atoms with E-state index in [9.17, 15) is 0 Å². The highest BCUT2D eigenvalue weighted by atomic mass is 15.0. The summed E-state index contributed by atoms with van der Waals surface area (Å²) < 4.78 is 0. The van der Waals surface area contributed by atoms with E-state index in [-0.39, 0.29) is 0 Å². The van der Waals surface area contributed by atoms with Gasteiger partial charge in [-0.1, -0.05) is 6.58 Å². The van der Waals surface area contributed by atoms with E-state index in [0.717, 1.165) is 17.1 Å². The average molecular weight is 149 g/mol. The first kappa shape index (κ1) is 7.72. The van der Waals surface area contributed by atoms with Crippen LogP contribution < -0.4 is 5.32 Å². The van der Waals surface area contributed by atoms with Crippen molar-refractivity contribution >= 4 is 5.82 Å². The van der Waals surface area contributed by atoms with E-state index in [2.05, 4.69) is 21.9 Å². The summed E-state index contributed by atoms with van der Waals surface area (Å²) in [6, 6.07) is 0. The minimum Gasteiger partial charge on any atom is -0.347 e. The Morgan fingerprint density at radius 2 is 2.18 bits per heavy atom. The first-order valence-corrected chi connectivity index (χ1v) is 3.41. The lowest BCUT2D eigenvalue weighted by Crippen LogP contribution is -1.97. The Kier molecular flexibility index (Phi) is 2.21. The van der Waals surface area contributed by atoms with E-state index in [1.807, 2.05) is 13.8 Å². The van der Waals surface area contributed by atoms with Gasteiger partial charge in [0.25, 0.3) is 0 Å². The Labute approximate surface area is 66.2 Å². The number of hydrogen-bond acceptors (Lipinski definition) is 3. The first-order chi connectivity index (χ1) is 5.25. The molecule has 3 heteroatoms. The molecule has 0 saturated carbocycles. The van der Waals surface area contributed by atoms with Crippen LogP contribution in [0.2, 0.25) is 0 Å². The molecule has 0 bridgehead atoms. The lowest BCUT2D eigenvalue weighted by atomic mass is 10.2. The summed E-state index contributed by atoms with van der Waals surface area (Å²) in [5, 5.41) is 2.93. The van der Waals surface area contributed by atoms with Gasteiger partial charge in [-0.05, 0) is 20.0 Å². The van der Waals surface area contributed by atoms with Crippen LogP contribution in [0.4, 0.5) is 5.82 Å². The number of rotatable bonds is 2. The number of hydrogen-bond donors (Lipinski definition) is 1. The lowest BCUT2D eigenvalue weighted by molar-refractivity contribution is 1.06. The van der Waals surface area contributed by atoms with E-state index in [1.54, 1.807) is 6.20 Å². The Balaban J connectivity index is 3.05. The van der Waals surface area contributed by atoms with Crippen molar-refractivity contribution in [2.75, 3.05) is 5.32 Å². The largest absolute Gasteiger partial charge is 0.347 e.